The van der Waals surface area contributed by atoms with Crippen LogP contribution in [0.15, 0.2) is 10.7 Å². The molecule has 3 nitrogen and oxygen atoms in total. The molecule has 19 heavy (non-hydrogen) atoms. The van der Waals surface area contributed by atoms with E-state index in [1.54, 1.807) is 0 Å². The maximum absolute atomic E-state index is 12.8. The van der Waals surface area contributed by atoms with Crippen molar-refractivity contribution in [3.63, 3.8) is 0 Å². The summed E-state index contributed by atoms with van der Waals surface area (Å²) >= 11 is 3.13. The number of halogens is 5. The van der Waals surface area contributed by atoms with Gasteiger partial charge in [-0.25, -0.2) is 18.7 Å². The van der Waals surface area contributed by atoms with Gasteiger partial charge in [0.05, 0.1) is 6.54 Å². The number of rotatable bonds is 4. The molecule has 0 spiro atoms. The topological polar surface area (TPSA) is 37.8 Å². The van der Waals surface area contributed by atoms with E-state index in [-0.39, 0.29) is 11.2 Å². The molecule has 8 heteroatoms. The Morgan fingerprint density at radius 1 is 1.26 bits per heavy atom. The van der Waals surface area contributed by atoms with Gasteiger partial charge >= 0.3 is 12.3 Å². The van der Waals surface area contributed by atoms with Crippen molar-refractivity contribution in [1.82, 2.24) is 9.97 Å². The molecule has 1 aromatic heterocycles. The second-order valence-electron chi connectivity index (χ2n) is 5.06. The summed E-state index contributed by atoms with van der Waals surface area (Å²) < 4.78 is 50.1. The van der Waals surface area contributed by atoms with Crippen LogP contribution in [0.25, 0.3) is 0 Å². The van der Waals surface area contributed by atoms with Gasteiger partial charge in [-0.2, -0.15) is 8.78 Å². The molecule has 0 radical (unpaired) electrons. The Balaban J connectivity index is 2.88. The zero-order valence-corrected chi connectivity index (χ0v) is 12.2. The highest BCUT2D eigenvalue weighted by Crippen LogP contribution is 2.25. The molecule has 0 aliphatic rings. The number of alkyl halides is 4. The third kappa shape index (κ3) is 4.59. The standard InChI is InChI=1S/C11H14BrF4N3/c1-10(2,3)9-18-6(12)4-7(19-9)17-5-11(15,16)8(13)14/h4,8H,5H2,1-3H3,(H,17,18,19). The van der Waals surface area contributed by atoms with Crippen molar-refractivity contribution in [3.8, 4) is 0 Å². The van der Waals surface area contributed by atoms with Crippen molar-refractivity contribution < 1.29 is 17.6 Å². The highest BCUT2D eigenvalue weighted by atomic mass is 79.9. The number of nitrogens with zero attached hydrogens (tertiary/aromatic N) is 2. The Bertz CT molecular complexity index is 446. The maximum atomic E-state index is 12.8. The lowest BCUT2D eigenvalue weighted by atomic mass is 9.96. The molecule has 1 rings (SSSR count). The van der Waals surface area contributed by atoms with Crippen LogP contribution in [0, 0.1) is 0 Å². The normalized spacial score (nSPS) is 12.9. The first-order valence-electron chi connectivity index (χ1n) is 5.47. The van der Waals surface area contributed by atoms with Gasteiger partial charge in [0.1, 0.15) is 16.2 Å². The summed E-state index contributed by atoms with van der Waals surface area (Å²) in [6.45, 7) is 4.38. The summed E-state index contributed by atoms with van der Waals surface area (Å²) in [5.74, 6) is -3.60. The lowest BCUT2D eigenvalue weighted by molar-refractivity contribution is -0.117. The zero-order valence-electron chi connectivity index (χ0n) is 10.6. The summed E-state index contributed by atoms with van der Waals surface area (Å²) in [5, 5.41) is 2.21. The van der Waals surface area contributed by atoms with Crippen molar-refractivity contribution in [2.24, 2.45) is 0 Å². The van der Waals surface area contributed by atoms with E-state index in [0.717, 1.165) is 0 Å². The Hall–Kier alpha value is -0.920. The van der Waals surface area contributed by atoms with E-state index in [4.69, 9.17) is 0 Å². The van der Waals surface area contributed by atoms with Crippen LogP contribution in [0.5, 0.6) is 0 Å². The fraction of sp³-hybridized carbons (Fsp3) is 0.636. The number of aromatic nitrogens is 2. The summed E-state index contributed by atoms with van der Waals surface area (Å²) in [6.07, 6.45) is -3.72. The van der Waals surface area contributed by atoms with Gasteiger partial charge in [0.15, 0.2) is 0 Å². The quantitative estimate of drug-likeness (QED) is 0.666. The van der Waals surface area contributed by atoms with Gasteiger partial charge in [0.2, 0.25) is 0 Å². The van der Waals surface area contributed by atoms with Crippen molar-refractivity contribution in [2.45, 2.75) is 38.5 Å². The zero-order chi connectivity index (χ0) is 14.8. The molecule has 0 atom stereocenters. The number of anilines is 1. The van der Waals surface area contributed by atoms with Crippen LogP contribution in [0.2, 0.25) is 0 Å². The fourth-order valence-corrected chi connectivity index (χ4v) is 1.51. The van der Waals surface area contributed by atoms with Crippen LogP contribution < -0.4 is 5.32 Å². The fourth-order valence-electron chi connectivity index (χ4n) is 1.13. The van der Waals surface area contributed by atoms with Crippen LogP contribution in [-0.2, 0) is 5.41 Å². The average Bonchev–Trinajstić information content (AvgIpc) is 2.24. The summed E-state index contributed by atoms with van der Waals surface area (Å²) in [5.41, 5.74) is -0.383. The molecular formula is C11H14BrF4N3. The molecule has 0 saturated carbocycles. The van der Waals surface area contributed by atoms with Gasteiger partial charge in [0.25, 0.3) is 0 Å². The molecule has 0 amide bonds. The van der Waals surface area contributed by atoms with Gasteiger partial charge in [-0.1, -0.05) is 20.8 Å². The van der Waals surface area contributed by atoms with Crippen LogP contribution in [-0.4, -0.2) is 28.9 Å². The van der Waals surface area contributed by atoms with E-state index in [1.165, 1.54) is 6.07 Å². The lowest BCUT2D eigenvalue weighted by Gasteiger charge is -2.19. The van der Waals surface area contributed by atoms with Crippen molar-refractivity contribution >= 4 is 21.7 Å². The van der Waals surface area contributed by atoms with Crippen molar-refractivity contribution in [1.29, 1.82) is 0 Å². The maximum Gasteiger partial charge on any atom is 0.324 e. The molecule has 0 unspecified atom stereocenters. The minimum absolute atomic E-state index is 0.0760. The second kappa shape index (κ2) is 5.60. The minimum atomic E-state index is -4.10. The highest BCUT2D eigenvalue weighted by Gasteiger charge is 2.40. The summed E-state index contributed by atoms with van der Waals surface area (Å²) in [4.78, 5) is 8.15. The molecule has 1 heterocycles. The van der Waals surface area contributed by atoms with Crippen LogP contribution in [0.1, 0.15) is 26.6 Å². The molecule has 0 aromatic carbocycles. The summed E-state index contributed by atoms with van der Waals surface area (Å²) in [6, 6.07) is 1.36. The van der Waals surface area contributed by atoms with Crippen LogP contribution in [0.3, 0.4) is 0 Å². The van der Waals surface area contributed by atoms with Gasteiger partial charge in [0, 0.05) is 11.5 Å². The van der Waals surface area contributed by atoms with Crippen LogP contribution in [0.4, 0.5) is 23.4 Å². The first kappa shape index (κ1) is 16.1. The van der Waals surface area contributed by atoms with Gasteiger partial charge in [-0.15, -0.1) is 0 Å². The third-order valence-electron chi connectivity index (χ3n) is 2.19. The number of hydrogen-bond donors (Lipinski definition) is 1. The Morgan fingerprint density at radius 2 is 1.84 bits per heavy atom. The minimum Gasteiger partial charge on any atom is -0.364 e. The van der Waals surface area contributed by atoms with Gasteiger partial charge in [-0.05, 0) is 15.9 Å². The molecule has 0 fully saturated rings. The second-order valence-corrected chi connectivity index (χ2v) is 5.88. The van der Waals surface area contributed by atoms with E-state index in [0.29, 0.717) is 10.4 Å². The number of hydrogen-bond acceptors (Lipinski definition) is 3. The van der Waals surface area contributed by atoms with E-state index in [2.05, 4.69) is 31.2 Å². The monoisotopic (exact) mass is 343 g/mol. The number of nitrogens with one attached hydrogen (secondary N) is 1. The average molecular weight is 344 g/mol. The lowest BCUT2D eigenvalue weighted by Crippen LogP contribution is -2.35. The molecule has 0 bridgehead atoms. The Morgan fingerprint density at radius 3 is 2.32 bits per heavy atom. The highest BCUT2D eigenvalue weighted by molar-refractivity contribution is 9.10. The van der Waals surface area contributed by atoms with Crippen molar-refractivity contribution in [2.75, 3.05) is 11.9 Å². The molecule has 0 aliphatic heterocycles. The SMILES string of the molecule is CC(C)(C)c1nc(Br)cc(NCC(F)(F)C(F)F)n1. The molecule has 0 aliphatic carbocycles. The summed E-state index contributed by atoms with van der Waals surface area (Å²) in [7, 11) is 0. The largest absolute Gasteiger partial charge is 0.364 e. The predicted octanol–water partition coefficient (Wildman–Crippen LogP) is 3.85. The third-order valence-corrected chi connectivity index (χ3v) is 2.60. The van der Waals surface area contributed by atoms with E-state index in [9.17, 15) is 17.6 Å². The molecule has 0 saturated heterocycles. The predicted molar refractivity (Wildman–Crippen MR) is 67.9 cm³/mol. The Labute approximate surface area is 117 Å². The first-order chi connectivity index (χ1) is 8.52. The smallest absolute Gasteiger partial charge is 0.324 e. The van der Waals surface area contributed by atoms with E-state index >= 15 is 0 Å². The van der Waals surface area contributed by atoms with E-state index in [1.807, 2.05) is 20.8 Å². The van der Waals surface area contributed by atoms with E-state index < -0.39 is 18.9 Å². The molecular weight excluding hydrogens is 330 g/mol. The van der Waals surface area contributed by atoms with Crippen molar-refractivity contribution in [3.05, 3.63) is 16.5 Å². The molecule has 1 aromatic rings. The van der Waals surface area contributed by atoms with Gasteiger partial charge < -0.3 is 5.32 Å². The van der Waals surface area contributed by atoms with Crippen LogP contribution >= 0.6 is 15.9 Å². The Kier molecular flexibility index (Phi) is 4.76. The molecule has 108 valence electrons. The first-order valence-corrected chi connectivity index (χ1v) is 6.26. The van der Waals surface area contributed by atoms with Gasteiger partial charge in [-0.3, -0.25) is 0 Å². The molecule has 1 N–H and O–H groups in total.